The summed E-state index contributed by atoms with van der Waals surface area (Å²) >= 11 is 0. The van der Waals surface area contributed by atoms with Crippen molar-refractivity contribution in [1.29, 1.82) is 0 Å². The Bertz CT molecular complexity index is 468. The van der Waals surface area contributed by atoms with Crippen LogP contribution in [0.25, 0.3) is 0 Å². The predicted octanol–water partition coefficient (Wildman–Crippen LogP) is 1.56. The zero-order valence-corrected chi connectivity index (χ0v) is 9.94. The molecule has 0 aliphatic carbocycles. The molecule has 2 rings (SSSR count). The van der Waals surface area contributed by atoms with Crippen LogP contribution in [0.5, 0.6) is 0 Å². The number of rotatable bonds is 4. The molecule has 0 unspecified atom stereocenters. The van der Waals surface area contributed by atoms with Crippen molar-refractivity contribution in [2.75, 3.05) is 5.32 Å². The molecule has 5 nitrogen and oxygen atoms in total. The van der Waals surface area contributed by atoms with E-state index >= 15 is 0 Å². The molecule has 0 atom stereocenters. The summed E-state index contributed by atoms with van der Waals surface area (Å²) in [5.41, 5.74) is 2.43. The minimum absolute atomic E-state index is 0.767. The summed E-state index contributed by atoms with van der Waals surface area (Å²) in [6.45, 7) is 5.86. The Labute approximate surface area is 95.1 Å². The van der Waals surface area contributed by atoms with Crippen molar-refractivity contribution < 1.29 is 0 Å². The first-order chi connectivity index (χ1) is 7.70. The van der Waals surface area contributed by atoms with Crippen molar-refractivity contribution in [1.82, 2.24) is 19.6 Å². The smallest absolute Gasteiger partial charge is 0.148 e. The van der Waals surface area contributed by atoms with Gasteiger partial charge in [0.1, 0.15) is 5.82 Å². The van der Waals surface area contributed by atoms with E-state index in [9.17, 15) is 0 Å². The molecule has 0 aliphatic rings. The highest BCUT2D eigenvalue weighted by Crippen LogP contribution is 2.10. The van der Waals surface area contributed by atoms with Crippen molar-refractivity contribution >= 4 is 5.82 Å². The lowest BCUT2D eigenvalue weighted by molar-refractivity contribution is 0.638. The van der Waals surface area contributed by atoms with Gasteiger partial charge >= 0.3 is 0 Å². The first-order valence-corrected chi connectivity index (χ1v) is 5.45. The molecular formula is C11H17N5. The van der Waals surface area contributed by atoms with Crippen LogP contribution >= 0.6 is 0 Å². The second kappa shape index (κ2) is 4.38. The van der Waals surface area contributed by atoms with Crippen LogP contribution < -0.4 is 5.32 Å². The summed E-state index contributed by atoms with van der Waals surface area (Å²) in [5.74, 6) is 0.895. The first-order valence-electron chi connectivity index (χ1n) is 5.45. The minimum atomic E-state index is 0.767. The maximum atomic E-state index is 4.30. The van der Waals surface area contributed by atoms with Crippen molar-refractivity contribution in [3.63, 3.8) is 0 Å². The zero-order chi connectivity index (χ0) is 11.5. The third-order valence-electron chi connectivity index (χ3n) is 2.68. The van der Waals surface area contributed by atoms with Crippen LogP contribution in [0.2, 0.25) is 0 Å². The fourth-order valence-electron chi connectivity index (χ4n) is 1.67. The van der Waals surface area contributed by atoms with Crippen LogP contribution in [0, 0.1) is 6.92 Å². The van der Waals surface area contributed by atoms with Gasteiger partial charge in [0.05, 0.1) is 6.20 Å². The highest BCUT2D eigenvalue weighted by Gasteiger charge is 2.05. The summed E-state index contributed by atoms with van der Waals surface area (Å²) in [5, 5.41) is 11.8. The Morgan fingerprint density at radius 2 is 2.25 bits per heavy atom. The van der Waals surface area contributed by atoms with Crippen molar-refractivity contribution in [3.8, 4) is 0 Å². The monoisotopic (exact) mass is 219 g/mol. The van der Waals surface area contributed by atoms with Gasteiger partial charge in [-0.05, 0) is 13.8 Å². The Kier molecular flexibility index (Phi) is 2.94. The number of nitrogens with zero attached hydrogens (tertiary/aromatic N) is 4. The van der Waals surface area contributed by atoms with Crippen LogP contribution in [-0.4, -0.2) is 19.6 Å². The van der Waals surface area contributed by atoms with Gasteiger partial charge < -0.3 is 5.32 Å². The lowest BCUT2D eigenvalue weighted by Gasteiger charge is -2.03. The standard InChI is InChI=1S/C11H17N5/c1-4-16-9(2)10(8-13-16)7-12-11-5-6-15(3)14-11/h5-6,8H,4,7H2,1-3H3,(H,12,14). The molecular weight excluding hydrogens is 202 g/mol. The summed E-state index contributed by atoms with van der Waals surface area (Å²) in [7, 11) is 1.91. The summed E-state index contributed by atoms with van der Waals surface area (Å²) in [4.78, 5) is 0. The van der Waals surface area contributed by atoms with E-state index in [-0.39, 0.29) is 0 Å². The second-order valence-electron chi connectivity index (χ2n) is 3.80. The molecule has 0 aliphatic heterocycles. The molecule has 5 heteroatoms. The first kappa shape index (κ1) is 10.7. The van der Waals surface area contributed by atoms with Crippen LogP contribution in [0.1, 0.15) is 18.2 Å². The Morgan fingerprint density at radius 3 is 2.81 bits per heavy atom. The minimum Gasteiger partial charge on any atom is -0.364 e. The molecule has 2 aromatic heterocycles. The fourth-order valence-corrected chi connectivity index (χ4v) is 1.67. The largest absolute Gasteiger partial charge is 0.364 e. The molecule has 0 saturated carbocycles. The Morgan fingerprint density at radius 1 is 1.44 bits per heavy atom. The molecule has 0 bridgehead atoms. The van der Waals surface area contributed by atoms with E-state index in [1.807, 2.05) is 30.2 Å². The van der Waals surface area contributed by atoms with Gasteiger partial charge in [-0.1, -0.05) is 0 Å². The lowest BCUT2D eigenvalue weighted by Crippen LogP contribution is -2.03. The van der Waals surface area contributed by atoms with Crippen molar-refractivity contribution in [2.24, 2.45) is 7.05 Å². The van der Waals surface area contributed by atoms with Crippen LogP contribution in [0.4, 0.5) is 5.82 Å². The second-order valence-corrected chi connectivity index (χ2v) is 3.80. The van der Waals surface area contributed by atoms with E-state index in [1.54, 1.807) is 4.68 Å². The number of nitrogens with one attached hydrogen (secondary N) is 1. The predicted molar refractivity (Wildman–Crippen MR) is 63.2 cm³/mol. The van der Waals surface area contributed by atoms with Crippen molar-refractivity contribution in [2.45, 2.75) is 26.9 Å². The molecule has 0 saturated heterocycles. The van der Waals surface area contributed by atoms with E-state index in [2.05, 4.69) is 29.4 Å². The van der Waals surface area contributed by atoms with E-state index < -0.39 is 0 Å². The number of anilines is 1. The quantitative estimate of drug-likeness (QED) is 0.848. The molecule has 2 aromatic rings. The number of hydrogen-bond acceptors (Lipinski definition) is 3. The van der Waals surface area contributed by atoms with E-state index in [0.717, 1.165) is 18.9 Å². The summed E-state index contributed by atoms with van der Waals surface area (Å²) < 4.78 is 3.78. The highest BCUT2D eigenvalue weighted by molar-refractivity contribution is 5.34. The van der Waals surface area contributed by atoms with Gasteiger partial charge in [-0.15, -0.1) is 0 Å². The van der Waals surface area contributed by atoms with Gasteiger partial charge in [-0.3, -0.25) is 9.36 Å². The zero-order valence-electron chi connectivity index (χ0n) is 9.94. The molecule has 0 spiro atoms. The number of aromatic nitrogens is 4. The molecule has 2 heterocycles. The molecule has 1 N–H and O–H groups in total. The third-order valence-corrected chi connectivity index (χ3v) is 2.68. The highest BCUT2D eigenvalue weighted by atomic mass is 15.3. The maximum Gasteiger partial charge on any atom is 0.148 e. The van der Waals surface area contributed by atoms with Gasteiger partial charge in [0.2, 0.25) is 0 Å². The SMILES string of the molecule is CCn1ncc(CNc2ccn(C)n2)c1C. The number of hydrogen-bond donors (Lipinski definition) is 1. The molecule has 0 amide bonds. The fraction of sp³-hybridized carbons (Fsp3) is 0.455. The Hall–Kier alpha value is -1.78. The lowest BCUT2D eigenvalue weighted by atomic mass is 10.2. The normalized spacial score (nSPS) is 10.7. The van der Waals surface area contributed by atoms with E-state index in [1.165, 1.54) is 11.3 Å². The van der Waals surface area contributed by atoms with Gasteiger partial charge in [-0.25, -0.2) is 0 Å². The topological polar surface area (TPSA) is 47.7 Å². The molecule has 0 fully saturated rings. The van der Waals surface area contributed by atoms with Gasteiger partial charge in [0.25, 0.3) is 0 Å². The molecule has 86 valence electrons. The van der Waals surface area contributed by atoms with E-state index in [4.69, 9.17) is 0 Å². The molecule has 16 heavy (non-hydrogen) atoms. The van der Waals surface area contributed by atoms with Gasteiger partial charge in [0, 0.05) is 43.7 Å². The maximum absolute atomic E-state index is 4.30. The summed E-state index contributed by atoms with van der Waals surface area (Å²) in [6, 6.07) is 1.96. The van der Waals surface area contributed by atoms with Gasteiger partial charge in [0.15, 0.2) is 0 Å². The Balaban J connectivity index is 2.02. The van der Waals surface area contributed by atoms with Gasteiger partial charge in [-0.2, -0.15) is 10.2 Å². The van der Waals surface area contributed by atoms with Crippen LogP contribution in [-0.2, 0) is 20.1 Å². The average molecular weight is 219 g/mol. The average Bonchev–Trinajstić information content (AvgIpc) is 2.83. The van der Waals surface area contributed by atoms with Crippen LogP contribution in [0.15, 0.2) is 18.5 Å². The summed E-state index contributed by atoms with van der Waals surface area (Å²) in [6.07, 6.45) is 3.83. The number of aryl methyl sites for hydroxylation is 2. The third kappa shape index (κ3) is 2.08. The van der Waals surface area contributed by atoms with Crippen molar-refractivity contribution in [3.05, 3.63) is 29.7 Å². The van der Waals surface area contributed by atoms with E-state index in [0.29, 0.717) is 0 Å². The van der Waals surface area contributed by atoms with Crippen LogP contribution in [0.3, 0.4) is 0 Å². The molecule has 0 aromatic carbocycles. The molecule has 0 radical (unpaired) electrons.